The molecule has 1 aliphatic carbocycles. The van der Waals surface area contributed by atoms with Crippen LogP contribution in [0.1, 0.15) is 34.9 Å². The number of rotatable bonds is 2. The molecule has 0 saturated heterocycles. The molecule has 6 heteroatoms. The molecule has 2 N–H and O–H groups in total. The van der Waals surface area contributed by atoms with Gasteiger partial charge in [-0.1, -0.05) is 6.07 Å². The van der Waals surface area contributed by atoms with Crippen LogP contribution in [0.3, 0.4) is 0 Å². The van der Waals surface area contributed by atoms with Gasteiger partial charge in [-0.25, -0.2) is 4.98 Å². The van der Waals surface area contributed by atoms with Gasteiger partial charge in [-0.05, 0) is 70.3 Å². The van der Waals surface area contributed by atoms with Crippen molar-refractivity contribution < 1.29 is 4.74 Å². The van der Waals surface area contributed by atoms with E-state index in [1.807, 2.05) is 38.1 Å². The summed E-state index contributed by atoms with van der Waals surface area (Å²) in [7, 11) is 1.61. The highest BCUT2D eigenvalue weighted by molar-refractivity contribution is 9.10. The van der Waals surface area contributed by atoms with Crippen LogP contribution in [0.5, 0.6) is 5.75 Å². The van der Waals surface area contributed by atoms with Crippen LogP contribution in [0.2, 0.25) is 0 Å². The molecular formula is C20H15BrN4O. The van der Waals surface area contributed by atoms with Gasteiger partial charge in [-0.2, -0.15) is 10.5 Å². The molecule has 1 aliphatic rings. The van der Waals surface area contributed by atoms with E-state index < -0.39 is 0 Å². The molecule has 1 aromatic carbocycles. The maximum absolute atomic E-state index is 9.58. The average molecular weight is 407 g/mol. The van der Waals surface area contributed by atoms with Crippen molar-refractivity contribution in [2.45, 2.75) is 13.8 Å². The van der Waals surface area contributed by atoms with E-state index in [9.17, 15) is 10.5 Å². The molecule has 0 bridgehead atoms. The van der Waals surface area contributed by atoms with E-state index in [-0.39, 0.29) is 5.82 Å². The number of nitriles is 2. The number of methoxy groups -OCH3 is 1. The van der Waals surface area contributed by atoms with Gasteiger partial charge in [-0.3, -0.25) is 0 Å². The Morgan fingerprint density at radius 1 is 1.23 bits per heavy atom. The number of benzene rings is 1. The minimum atomic E-state index is 0.151. The van der Waals surface area contributed by atoms with Crippen molar-refractivity contribution in [1.82, 2.24) is 4.98 Å². The van der Waals surface area contributed by atoms with Gasteiger partial charge in [0.25, 0.3) is 0 Å². The van der Waals surface area contributed by atoms with E-state index in [1.165, 1.54) is 0 Å². The van der Waals surface area contributed by atoms with Crippen molar-refractivity contribution >= 4 is 39.0 Å². The molecule has 1 heterocycles. The molecule has 0 saturated carbocycles. The maximum atomic E-state index is 9.58. The number of nitrogen functional groups attached to an aromatic ring is 1. The summed E-state index contributed by atoms with van der Waals surface area (Å²) in [5.74, 6) is 0.888. The van der Waals surface area contributed by atoms with Crippen molar-refractivity contribution in [1.29, 1.82) is 10.5 Å². The first-order chi connectivity index (χ1) is 12.4. The zero-order chi connectivity index (χ0) is 19.0. The molecule has 0 spiro atoms. The number of ether oxygens (including phenoxy) is 1. The van der Waals surface area contributed by atoms with E-state index in [0.29, 0.717) is 16.8 Å². The summed E-state index contributed by atoms with van der Waals surface area (Å²) in [6, 6.07) is 10.1. The van der Waals surface area contributed by atoms with E-state index in [0.717, 1.165) is 38.1 Å². The lowest BCUT2D eigenvalue weighted by Crippen LogP contribution is -2.03. The number of fused-ring (bicyclic) bond motifs is 1. The fourth-order valence-electron chi connectivity index (χ4n) is 3.13. The van der Waals surface area contributed by atoms with Gasteiger partial charge in [0.15, 0.2) is 0 Å². The molecule has 26 heavy (non-hydrogen) atoms. The summed E-state index contributed by atoms with van der Waals surface area (Å²) < 4.78 is 6.10. The van der Waals surface area contributed by atoms with Crippen molar-refractivity contribution in [2.24, 2.45) is 0 Å². The van der Waals surface area contributed by atoms with Gasteiger partial charge in [-0.15, -0.1) is 0 Å². The lowest BCUT2D eigenvalue weighted by molar-refractivity contribution is 0.412. The molecule has 0 radical (unpaired) electrons. The lowest BCUT2D eigenvalue weighted by Gasteiger charge is -2.11. The number of nitrogens with two attached hydrogens (primary N) is 1. The fraction of sp³-hybridized carbons (Fsp3) is 0.150. The van der Waals surface area contributed by atoms with Crippen LogP contribution in [-0.4, -0.2) is 12.1 Å². The predicted molar refractivity (Wildman–Crippen MR) is 105 cm³/mol. The standard InChI is InChI=1S/C20H15BrN4O/c1-10-13(6-12-4-5-17(26-3)16(21)7-12)18-11(2)15(9-23)20(24)25-19(18)14(10)8-22/h4-7H,1-3H3,(H2,24,25)/b13-6-. The molecular weight excluding hydrogens is 392 g/mol. The minimum absolute atomic E-state index is 0.151. The highest BCUT2D eigenvalue weighted by Crippen LogP contribution is 2.44. The summed E-state index contributed by atoms with van der Waals surface area (Å²) >= 11 is 3.49. The third-order valence-electron chi connectivity index (χ3n) is 4.47. The number of hydrogen-bond donors (Lipinski definition) is 1. The maximum Gasteiger partial charge on any atom is 0.142 e. The van der Waals surface area contributed by atoms with Crippen molar-refractivity contribution in [2.75, 3.05) is 12.8 Å². The fourth-order valence-corrected chi connectivity index (χ4v) is 3.69. The van der Waals surface area contributed by atoms with Crippen LogP contribution >= 0.6 is 15.9 Å². The van der Waals surface area contributed by atoms with E-state index in [4.69, 9.17) is 10.5 Å². The summed E-state index contributed by atoms with van der Waals surface area (Å²) in [5, 5.41) is 19.0. The molecule has 3 rings (SSSR count). The Kier molecular flexibility index (Phi) is 4.54. The molecule has 1 aromatic heterocycles. The SMILES string of the molecule is COc1ccc(/C=C2/C(C)=C(C#N)c3nc(N)c(C#N)c(C)c32)cc1Br. The first-order valence-electron chi connectivity index (χ1n) is 7.80. The van der Waals surface area contributed by atoms with Gasteiger partial charge in [0, 0.05) is 5.56 Å². The van der Waals surface area contributed by atoms with Gasteiger partial charge >= 0.3 is 0 Å². The van der Waals surface area contributed by atoms with Crippen LogP contribution in [0, 0.1) is 29.6 Å². The smallest absolute Gasteiger partial charge is 0.142 e. The first kappa shape index (κ1) is 17.7. The highest BCUT2D eigenvalue weighted by Gasteiger charge is 2.29. The second-order valence-electron chi connectivity index (χ2n) is 5.90. The Morgan fingerprint density at radius 2 is 1.96 bits per heavy atom. The monoisotopic (exact) mass is 406 g/mol. The second-order valence-corrected chi connectivity index (χ2v) is 6.75. The minimum Gasteiger partial charge on any atom is -0.496 e. The lowest BCUT2D eigenvalue weighted by atomic mass is 9.95. The van der Waals surface area contributed by atoms with E-state index in [1.54, 1.807) is 7.11 Å². The first-order valence-corrected chi connectivity index (χ1v) is 8.59. The number of aromatic nitrogens is 1. The molecule has 2 aromatic rings. The molecule has 0 unspecified atom stereocenters. The number of anilines is 1. The van der Waals surface area contributed by atoms with Crippen LogP contribution in [0.15, 0.2) is 28.2 Å². The Hall–Kier alpha value is -3.09. The Morgan fingerprint density at radius 3 is 2.54 bits per heavy atom. The van der Waals surface area contributed by atoms with Crippen molar-refractivity contribution in [3.05, 3.63) is 56.2 Å². The third-order valence-corrected chi connectivity index (χ3v) is 5.09. The van der Waals surface area contributed by atoms with E-state index in [2.05, 4.69) is 33.1 Å². The molecule has 0 atom stereocenters. The number of halogens is 1. The number of nitrogens with zero attached hydrogens (tertiary/aromatic N) is 3. The number of hydrogen-bond acceptors (Lipinski definition) is 5. The van der Waals surface area contributed by atoms with Crippen LogP contribution in [0.4, 0.5) is 5.82 Å². The normalized spacial score (nSPS) is 14.2. The summed E-state index contributed by atoms with van der Waals surface area (Å²) in [4.78, 5) is 4.33. The average Bonchev–Trinajstić information content (AvgIpc) is 2.86. The predicted octanol–water partition coefficient (Wildman–Crippen LogP) is 4.47. The quantitative estimate of drug-likeness (QED) is 0.793. The van der Waals surface area contributed by atoms with Gasteiger partial charge in [0.1, 0.15) is 23.7 Å². The molecule has 5 nitrogen and oxygen atoms in total. The number of pyridine rings is 1. The highest BCUT2D eigenvalue weighted by atomic mass is 79.9. The van der Waals surface area contributed by atoms with Gasteiger partial charge < -0.3 is 10.5 Å². The largest absolute Gasteiger partial charge is 0.496 e. The van der Waals surface area contributed by atoms with E-state index >= 15 is 0 Å². The zero-order valence-electron chi connectivity index (χ0n) is 14.5. The summed E-state index contributed by atoms with van der Waals surface area (Å²) in [6.07, 6.45) is 1.98. The molecule has 0 fully saturated rings. The molecule has 128 valence electrons. The topological polar surface area (TPSA) is 95.7 Å². The Balaban J connectivity index is 2.28. The van der Waals surface area contributed by atoms with Crippen LogP contribution in [-0.2, 0) is 0 Å². The number of allylic oxidation sites excluding steroid dienone is 3. The summed E-state index contributed by atoms with van der Waals surface area (Å²) in [5.41, 5.74) is 11.4. The van der Waals surface area contributed by atoms with Crippen molar-refractivity contribution in [3.8, 4) is 17.9 Å². The van der Waals surface area contributed by atoms with Crippen LogP contribution < -0.4 is 10.5 Å². The second kappa shape index (κ2) is 6.67. The van der Waals surface area contributed by atoms with Gasteiger partial charge in [0.2, 0.25) is 0 Å². The Bertz CT molecular complexity index is 1080. The van der Waals surface area contributed by atoms with Crippen LogP contribution in [0.25, 0.3) is 17.2 Å². The Labute approximate surface area is 160 Å². The molecule has 0 aliphatic heterocycles. The molecule has 0 amide bonds. The van der Waals surface area contributed by atoms with Gasteiger partial charge in [0.05, 0.1) is 28.4 Å². The zero-order valence-corrected chi connectivity index (χ0v) is 16.1. The third kappa shape index (κ3) is 2.65. The van der Waals surface area contributed by atoms with Crippen molar-refractivity contribution in [3.63, 3.8) is 0 Å². The summed E-state index contributed by atoms with van der Waals surface area (Å²) in [6.45, 7) is 3.72.